The topological polar surface area (TPSA) is 46.1 Å². The van der Waals surface area contributed by atoms with Crippen molar-refractivity contribution in [3.05, 3.63) is 34.9 Å². The molecule has 1 aromatic rings. The Bertz CT molecular complexity index is 670. The number of rotatable bonds is 5. The molecule has 1 aromatic carbocycles. The Balaban J connectivity index is 1.20. The monoisotopic (exact) mass is 405 g/mol. The van der Waals surface area contributed by atoms with Crippen molar-refractivity contribution in [3.63, 3.8) is 0 Å². The molecule has 3 aliphatic rings. The van der Waals surface area contributed by atoms with E-state index in [1.807, 2.05) is 19.2 Å². The first-order valence-electron chi connectivity index (χ1n) is 10.7. The van der Waals surface area contributed by atoms with E-state index in [1.54, 1.807) is 0 Å². The highest BCUT2D eigenvalue weighted by Gasteiger charge is 2.40. The van der Waals surface area contributed by atoms with Gasteiger partial charge in [0.2, 0.25) is 0 Å². The molecule has 0 aromatic heterocycles. The van der Waals surface area contributed by atoms with E-state index in [9.17, 15) is 0 Å². The fourth-order valence-corrected chi connectivity index (χ4v) is 4.54. The SMILES string of the molecule is CN=C(NC1CC1c1cccc(Cl)c1)N1CCC(OCC2CCCCO2)CC1. The molecule has 3 atom stereocenters. The molecule has 3 fully saturated rings. The Morgan fingerprint density at radius 1 is 1.29 bits per heavy atom. The van der Waals surface area contributed by atoms with Crippen LogP contribution in [-0.2, 0) is 9.47 Å². The second-order valence-corrected chi connectivity index (χ2v) is 8.64. The molecule has 2 heterocycles. The smallest absolute Gasteiger partial charge is 0.193 e. The Kier molecular flexibility index (Phi) is 6.76. The van der Waals surface area contributed by atoms with Crippen LogP contribution in [0.25, 0.3) is 0 Å². The molecule has 6 heteroatoms. The third kappa shape index (κ3) is 5.19. The molecule has 2 saturated heterocycles. The molecule has 2 aliphatic heterocycles. The van der Waals surface area contributed by atoms with Crippen LogP contribution in [-0.4, -0.2) is 62.5 Å². The molecule has 0 radical (unpaired) electrons. The van der Waals surface area contributed by atoms with Crippen molar-refractivity contribution in [3.8, 4) is 0 Å². The third-order valence-electron chi connectivity index (χ3n) is 6.13. The van der Waals surface area contributed by atoms with Gasteiger partial charge in [-0.15, -0.1) is 0 Å². The minimum absolute atomic E-state index is 0.305. The molecule has 0 spiro atoms. The summed E-state index contributed by atoms with van der Waals surface area (Å²) in [7, 11) is 1.88. The number of ether oxygens (including phenoxy) is 2. The number of hydrogen-bond acceptors (Lipinski definition) is 3. The van der Waals surface area contributed by atoms with Crippen LogP contribution in [0.3, 0.4) is 0 Å². The molecule has 28 heavy (non-hydrogen) atoms. The number of piperidine rings is 1. The van der Waals surface area contributed by atoms with Crippen molar-refractivity contribution < 1.29 is 9.47 Å². The summed E-state index contributed by atoms with van der Waals surface area (Å²) >= 11 is 6.14. The summed E-state index contributed by atoms with van der Waals surface area (Å²) in [5.74, 6) is 1.55. The van der Waals surface area contributed by atoms with Crippen LogP contribution in [0.1, 0.15) is 50.0 Å². The predicted octanol–water partition coefficient (Wildman–Crippen LogP) is 3.82. The second-order valence-electron chi connectivity index (χ2n) is 8.20. The number of halogens is 1. The van der Waals surface area contributed by atoms with Gasteiger partial charge in [0.1, 0.15) is 0 Å². The maximum atomic E-state index is 6.14. The lowest BCUT2D eigenvalue weighted by Gasteiger charge is -2.35. The van der Waals surface area contributed by atoms with Gasteiger partial charge in [0, 0.05) is 43.7 Å². The zero-order valence-corrected chi connectivity index (χ0v) is 17.5. The van der Waals surface area contributed by atoms with Gasteiger partial charge < -0.3 is 19.7 Å². The first kappa shape index (κ1) is 20.0. The Morgan fingerprint density at radius 3 is 2.86 bits per heavy atom. The summed E-state index contributed by atoms with van der Waals surface area (Å²) in [6.07, 6.45) is 7.50. The summed E-state index contributed by atoms with van der Waals surface area (Å²) in [5.41, 5.74) is 1.32. The predicted molar refractivity (Wildman–Crippen MR) is 113 cm³/mol. The number of nitrogens with one attached hydrogen (secondary N) is 1. The number of benzene rings is 1. The van der Waals surface area contributed by atoms with E-state index in [1.165, 1.54) is 18.4 Å². The van der Waals surface area contributed by atoms with Gasteiger partial charge in [-0.05, 0) is 56.2 Å². The highest BCUT2D eigenvalue weighted by molar-refractivity contribution is 6.30. The van der Waals surface area contributed by atoms with Crippen molar-refractivity contribution in [2.45, 2.75) is 62.7 Å². The summed E-state index contributed by atoms with van der Waals surface area (Å²) in [4.78, 5) is 6.89. The Morgan fingerprint density at radius 2 is 2.14 bits per heavy atom. The minimum Gasteiger partial charge on any atom is -0.376 e. The van der Waals surface area contributed by atoms with Gasteiger partial charge in [-0.1, -0.05) is 23.7 Å². The first-order chi connectivity index (χ1) is 13.7. The highest BCUT2D eigenvalue weighted by Crippen LogP contribution is 2.41. The van der Waals surface area contributed by atoms with Crippen molar-refractivity contribution >= 4 is 17.6 Å². The van der Waals surface area contributed by atoms with Crippen LogP contribution in [0.5, 0.6) is 0 Å². The molecule has 1 N–H and O–H groups in total. The van der Waals surface area contributed by atoms with Gasteiger partial charge in [0.25, 0.3) is 0 Å². The van der Waals surface area contributed by atoms with Gasteiger partial charge in [0.15, 0.2) is 5.96 Å². The third-order valence-corrected chi connectivity index (χ3v) is 6.36. The number of aliphatic imine (C=N–C) groups is 1. The van der Waals surface area contributed by atoms with E-state index in [0.717, 1.165) is 63.0 Å². The van der Waals surface area contributed by atoms with Gasteiger partial charge in [0.05, 0.1) is 18.8 Å². The lowest BCUT2D eigenvalue weighted by atomic mass is 10.1. The van der Waals surface area contributed by atoms with Crippen LogP contribution < -0.4 is 5.32 Å². The van der Waals surface area contributed by atoms with Crippen molar-refractivity contribution in [1.29, 1.82) is 0 Å². The standard InChI is InChI=1S/C22H32ClN3O2/c1-24-22(25-21-14-20(21)16-5-4-6-17(23)13-16)26-10-8-18(9-11-26)28-15-19-7-2-3-12-27-19/h4-6,13,18-21H,2-3,7-12,14-15H2,1H3,(H,24,25). The quantitative estimate of drug-likeness (QED) is 0.597. The molecular formula is C22H32ClN3O2. The maximum Gasteiger partial charge on any atom is 0.193 e. The number of hydrogen-bond donors (Lipinski definition) is 1. The molecule has 0 bridgehead atoms. The lowest BCUT2D eigenvalue weighted by Crippen LogP contribution is -2.48. The van der Waals surface area contributed by atoms with E-state index < -0.39 is 0 Å². The second kappa shape index (κ2) is 9.47. The molecule has 154 valence electrons. The zero-order valence-electron chi connectivity index (χ0n) is 16.8. The summed E-state index contributed by atoms with van der Waals surface area (Å²) in [5, 5.41) is 4.46. The molecular weight excluding hydrogens is 374 g/mol. The number of guanidine groups is 1. The molecule has 5 nitrogen and oxygen atoms in total. The zero-order chi connectivity index (χ0) is 19.3. The summed E-state index contributed by atoms with van der Waals surface area (Å²) in [6.45, 7) is 3.63. The van der Waals surface area contributed by atoms with Crippen LogP contribution in [0.15, 0.2) is 29.3 Å². The molecule has 1 saturated carbocycles. The highest BCUT2D eigenvalue weighted by atomic mass is 35.5. The average Bonchev–Trinajstić information content (AvgIpc) is 3.51. The molecule has 0 amide bonds. The lowest BCUT2D eigenvalue weighted by molar-refractivity contribution is -0.0721. The van der Waals surface area contributed by atoms with E-state index in [4.69, 9.17) is 21.1 Å². The number of nitrogens with zero attached hydrogens (tertiary/aromatic N) is 2. The fourth-order valence-electron chi connectivity index (χ4n) is 4.34. The Hall–Kier alpha value is -1.30. The van der Waals surface area contributed by atoms with Gasteiger partial charge >= 0.3 is 0 Å². The van der Waals surface area contributed by atoms with Crippen LogP contribution in [0.2, 0.25) is 5.02 Å². The molecule has 4 rings (SSSR count). The summed E-state index contributed by atoms with van der Waals surface area (Å²) < 4.78 is 11.9. The Labute approximate surface area is 173 Å². The van der Waals surface area contributed by atoms with E-state index in [-0.39, 0.29) is 0 Å². The van der Waals surface area contributed by atoms with Crippen LogP contribution in [0, 0.1) is 0 Å². The fraction of sp³-hybridized carbons (Fsp3) is 0.682. The minimum atomic E-state index is 0.305. The average molecular weight is 406 g/mol. The summed E-state index contributed by atoms with van der Waals surface area (Å²) in [6, 6.07) is 8.66. The van der Waals surface area contributed by atoms with Crippen molar-refractivity contribution in [1.82, 2.24) is 10.2 Å². The maximum absolute atomic E-state index is 6.14. The van der Waals surface area contributed by atoms with E-state index in [0.29, 0.717) is 24.2 Å². The molecule has 1 aliphatic carbocycles. The van der Waals surface area contributed by atoms with E-state index in [2.05, 4.69) is 27.3 Å². The van der Waals surface area contributed by atoms with Crippen molar-refractivity contribution in [2.24, 2.45) is 4.99 Å². The van der Waals surface area contributed by atoms with Gasteiger partial charge in [-0.25, -0.2) is 0 Å². The van der Waals surface area contributed by atoms with Gasteiger partial charge in [-0.3, -0.25) is 4.99 Å². The number of likely N-dealkylation sites (tertiary alicyclic amines) is 1. The molecule has 3 unspecified atom stereocenters. The van der Waals surface area contributed by atoms with Crippen LogP contribution >= 0.6 is 11.6 Å². The van der Waals surface area contributed by atoms with Crippen LogP contribution in [0.4, 0.5) is 0 Å². The van der Waals surface area contributed by atoms with E-state index >= 15 is 0 Å². The normalized spacial score (nSPS) is 29.0. The van der Waals surface area contributed by atoms with Gasteiger partial charge in [-0.2, -0.15) is 0 Å². The first-order valence-corrected chi connectivity index (χ1v) is 11.1. The largest absolute Gasteiger partial charge is 0.376 e. The van der Waals surface area contributed by atoms with Crippen molar-refractivity contribution in [2.75, 3.05) is 33.4 Å².